The summed E-state index contributed by atoms with van der Waals surface area (Å²) >= 11 is 27.6. The van der Waals surface area contributed by atoms with Crippen LogP contribution in [0.15, 0.2) is 127 Å². The van der Waals surface area contributed by atoms with E-state index in [2.05, 4.69) is 294 Å². The summed E-state index contributed by atoms with van der Waals surface area (Å²) in [6.07, 6.45) is 25.3. The van der Waals surface area contributed by atoms with Crippen molar-refractivity contribution in [2.45, 2.75) is 180 Å². The number of rotatable bonds is 28. The van der Waals surface area contributed by atoms with E-state index in [1.165, 1.54) is 0 Å². The van der Waals surface area contributed by atoms with Crippen molar-refractivity contribution in [3.8, 4) is 40.2 Å². The lowest BCUT2D eigenvalue weighted by Crippen LogP contribution is -2.02. The van der Waals surface area contributed by atoms with Crippen LogP contribution in [0.2, 0.25) is 0 Å². The van der Waals surface area contributed by atoms with Crippen LogP contribution < -0.4 is 0 Å². The van der Waals surface area contributed by atoms with Crippen molar-refractivity contribution in [3.63, 3.8) is 0 Å². The number of carbonyl (C=O) groups is 7. The largest absolute Gasteiger partial charge is 0.507 e. The first-order valence-corrected chi connectivity index (χ1v) is 58.9. The van der Waals surface area contributed by atoms with Crippen LogP contribution in [-0.2, 0) is 78.5 Å². The number of alkyl halides is 6. The average Bonchev–Trinajstić information content (AvgIpc) is 1.77. The van der Waals surface area contributed by atoms with Crippen LogP contribution in [0.5, 0.6) is 40.2 Å². The minimum atomic E-state index is 0.313. The van der Waals surface area contributed by atoms with Crippen molar-refractivity contribution in [1.82, 2.24) is 0 Å². The highest BCUT2D eigenvalue weighted by atomic mass is 125. The number of aromatic hydroxyl groups is 7. The van der Waals surface area contributed by atoms with Gasteiger partial charge in [0.2, 0.25) is 0 Å². The second-order valence-electron chi connectivity index (χ2n) is 28.2. The molecule has 0 saturated heterocycles. The Morgan fingerprint density at radius 3 is 0.376 bits per heavy atom. The fourth-order valence-electron chi connectivity index (χ4n) is 11.1. The molecule has 0 aliphatic heterocycles. The zero-order valence-corrected chi connectivity index (χ0v) is 94.9. The zero-order valence-electron chi connectivity index (χ0n) is 66.9. The molecule has 7 aliphatic rings. The minimum Gasteiger partial charge on any atom is -0.507 e. The summed E-state index contributed by atoms with van der Waals surface area (Å²) in [6, 6.07) is 38.6. The third kappa shape index (κ3) is 49.5. The van der Waals surface area contributed by atoms with Gasteiger partial charge in [0.25, 0.3) is 0 Å². The fraction of sp³-hybridized carbons (Fsp3) is 0.456. The third-order valence-electron chi connectivity index (χ3n) is 18.9. The van der Waals surface area contributed by atoms with Gasteiger partial charge in [-0.1, -0.05) is 178 Å². The maximum atomic E-state index is 11.5. The van der Waals surface area contributed by atoms with Gasteiger partial charge in [0.1, 0.15) is 80.7 Å². The quantitative estimate of drug-likeness (QED) is 0.0178. The lowest BCUT2D eigenvalue weighted by molar-refractivity contribution is -0.121. The SMILES string of the molecule is C[125I].C[125I].C[125I].C[125I].C[125I].C[125I].O=C(CCc1ccc(O)c([125I])c1)C1CC1.O=C(CCc1ccc(O)c([125I])c1)C1CC1.O=C(CCc1ccc(O)c([125I])c1)C1CC1.O=C(CCc1ccc(O)c([125I])c1)C1CC1.O=C(CCc1ccc(O)c([125I])c1)C1CC1.O=C(CCc1ccc(O)c([125I])c1)C1CC1.O=C(CCc1ccc(O)c([125I])c1)C1CC1. The molecule has 117 heavy (non-hydrogen) atoms. The lowest BCUT2D eigenvalue weighted by atomic mass is 10.1. The van der Waals surface area contributed by atoms with E-state index in [1.807, 2.05) is 115 Å². The monoisotopic (exact) mass is 3040 g/mol. The molecule has 0 spiro atoms. The molecule has 7 aromatic carbocycles. The van der Waals surface area contributed by atoms with Gasteiger partial charge < -0.3 is 35.7 Å². The van der Waals surface area contributed by atoms with E-state index in [4.69, 9.17) is 0 Å². The number of phenolic OH excluding ortho intramolecular Hbond substituents is 7. The smallest absolute Gasteiger partial charge is 0.136 e. The number of Topliss-reactive ketones (excluding diaryl/α,β-unsaturated/α-hetero) is 7. The predicted molar refractivity (Wildman–Crippen MR) is 588 cm³/mol. The molecule has 27 heteroatoms. The van der Waals surface area contributed by atoms with Crippen molar-refractivity contribution in [2.75, 3.05) is 29.6 Å². The number of phenols is 7. The van der Waals surface area contributed by atoms with Gasteiger partial charge in [-0.3, -0.25) is 33.6 Å². The number of hydrogen-bond acceptors (Lipinski definition) is 14. The third-order valence-corrected chi connectivity index (χ3v) is 25.0. The molecule has 14 nitrogen and oxygen atoms in total. The lowest BCUT2D eigenvalue weighted by Gasteiger charge is -2.02. The summed E-state index contributed by atoms with van der Waals surface area (Å²) in [5, 5.41) is 65.4. The number of hydrogen-bond donors (Lipinski definition) is 7. The Morgan fingerprint density at radius 2 is 0.299 bits per heavy atom. The minimum absolute atomic E-state index is 0.313. The molecule has 7 aromatic rings. The number of ketones is 7. The number of halogens is 13. The van der Waals surface area contributed by atoms with Gasteiger partial charge in [-0.2, -0.15) is 0 Å². The Balaban J connectivity index is 0.000000452. The van der Waals surface area contributed by atoms with Crippen molar-refractivity contribution in [1.29, 1.82) is 0 Å². The Morgan fingerprint density at radius 1 is 0.205 bits per heavy atom. The molecule has 0 bridgehead atoms. The van der Waals surface area contributed by atoms with Crippen molar-refractivity contribution < 1.29 is 69.3 Å². The molecule has 7 fully saturated rings. The molecule has 14 rings (SSSR count). The molecular weight excluding hydrogens is 2930 g/mol. The van der Waals surface area contributed by atoms with Gasteiger partial charge >= 0.3 is 0 Å². The highest BCUT2D eigenvalue weighted by molar-refractivity contribution is 14.1. The summed E-state index contributed by atoms with van der Waals surface area (Å²) < 4.78 is 5.96. The van der Waals surface area contributed by atoms with Crippen molar-refractivity contribution >= 4 is 334 Å². The van der Waals surface area contributed by atoms with E-state index in [9.17, 15) is 69.3 Å². The van der Waals surface area contributed by atoms with Crippen LogP contribution in [0.4, 0.5) is 0 Å². The second kappa shape index (κ2) is 65.0. The first-order chi connectivity index (χ1) is 56.2. The molecular formula is C90H109I13O14. The number of carbonyl (C=O) groups excluding carboxylic acids is 7. The van der Waals surface area contributed by atoms with E-state index < -0.39 is 0 Å². The second-order valence-corrected chi connectivity index (χ2v) is 36.3. The van der Waals surface area contributed by atoms with Gasteiger partial charge in [-0.05, 0) is 446 Å². The molecule has 7 N–H and O–H groups in total. The Kier molecular flexibility index (Phi) is 63.0. The molecule has 0 atom stereocenters. The molecule has 0 amide bonds. The zero-order chi connectivity index (χ0) is 87.9. The molecule has 644 valence electrons. The Bertz CT molecular complexity index is 3450. The van der Waals surface area contributed by atoms with E-state index >= 15 is 0 Å². The molecule has 0 aromatic heterocycles. The van der Waals surface area contributed by atoms with E-state index in [0.717, 1.165) is 199 Å². The summed E-state index contributed by atoms with van der Waals surface area (Å²) in [7, 11) is 0. The molecule has 0 unspecified atom stereocenters. The first kappa shape index (κ1) is 113. The van der Waals surface area contributed by atoms with Gasteiger partial charge in [0.05, 0.1) is 25.0 Å². The summed E-state index contributed by atoms with van der Waals surface area (Å²) in [4.78, 5) is 92.2. The van der Waals surface area contributed by atoms with Gasteiger partial charge in [-0.25, -0.2) is 0 Å². The van der Waals surface area contributed by atoms with Crippen molar-refractivity contribution in [2.24, 2.45) is 41.4 Å². The molecule has 7 aliphatic carbocycles. The summed E-state index contributed by atoms with van der Waals surface area (Å²) in [6.45, 7) is 0. The van der Waals surface area contributed by atoms with Crippen LogP contribution in [0.25, 0.3) is 0 Å². The van der Waals surface area contributed by atoms with Crippen LogP contribution in [-0.4, -0.2) is 106 Å². The number of aryl methyl sites for hydroxylation is 7. The van der Waals surface area contributed by atoms with Gasteiger partial charge in [0.15, 0.2) is 0 Å². The predicted octanol–water partition coefficient (Wildman–Crippen LogP) is 26.7. The van der Waals surface area contributed by atoms with E-state index in [0.29, 0.717) is 167 Å². The summed E-state index contributed by atoms with van der Waals surface area (Å²) in [5.41, 5.74) is 7.92. The van der Waals surface area contributed by atoms with Crippen LogP contribution in [0.3, 0.4) is 0 Å². The summed E-state index contributed by atoms with van der Waals surface area (Å²) in [5.74, 6) is 7.53. The highest BCUT2D eigenvalue weighted by Gasteiger charge is 2.33. The first-order valence-electron chi connectivity index (χ1n) is 38.4. The van der Waals surface area contributed by atoms with Crippen molar-refractivity contribution in [3.05, 3.63) is 191 Å². The topological polar surface area (TPSA) is 261 Å². The van der Waals surface area contributed by atoms with Gasteiger partial charge in [0, 0.05) is 86.4 Å². The Labute approximate surface area is 871 Å². The molecule has 0 radical (unpaired) electrons. The average molecular weight is 3040 g/mol. The molecule has 7 saturated carbocycles. The van der Waals surface area contributed by atoms with E-state index in [1.54, 1.807) is 42.5 Å². The maximum Gasteiger partial charge on any atom is 0.136 e. The standard InChI is InChI=1S/7C12H13IO2.6CH3I/c7*13-10-7-8(2-6-12(10)15)1-5-11(14)9-3-4-9;6*1-2/h7*2,6-7,9,15H,1,3-5H2;6*1H3/i7*13-2;6*2-2. The van der Waals surface area contributed by atoms with E-state index in [-0.39, 0.29) is 0 Å². The Hall–Kier alpha value is 0.320. The van der Waals surface area contributed by atoms with Crippen LogP contribution >= 0.6 is 294 Å². The number of benzene rings is 7. The highest BCUT2D eigenvalue weighted by Crippen LogP contribution is 2.38. The van der Waals surface area contributed by atoms with Crippen LogP contribution in [0, 0.1) is 66.4 Å². The van der Waals surface area contributed by atoms with Gasteiger partial charge in [-0.15, -0.1) is 0 Å². The fourth-order valence-corrected chi connectivity index (χ4v) is 15.1. The molecule has 0 heterocycles. The normalized spacial score (nSPS) is 14.0. The maximum absolute atomic E-state index is 11.5. The van der Waals surface area contributed by atoms with Crippen LogP contribution in [0.1, 0.15) is 174 Å².